The lowest BCUT2D eigenvalue weighted by Crippen LogP contribution is -2.32. The van der Waals surface area contributed by atoms with Gasteiger partial charge in [0.25, 0.3) is 0 Å². The van der Waals surface area contributed by atoms with Gasteiger partial charge in [-0.3, -0.25) is 4.79 Å². The van der Waals surface area contributed by atoms with Gasteiger partial charge in [-0.1, -0.05) is 36.2 Å². The van der Waals surface area contributed by atoms with E-state index in [0.717, 1.165) is 12.0 Å². The highest BCUT2D eigenvalue weighted by Crippen LogP contribution is 2.22. The normalized spacial score (nSPS) is 12.3. The molecule has 1 aromatic rings. The fourth-order valence-electron chi connectivity index (χ4n) is 1.52. The molecule has 2 N–H and O–H groups in total. The number of rotatable bonds is 5. The molecule has 0 aliphatic carbocycles. The van der Waals surface area contributed by atoms with Crippen LogP contribution in [0.3, 0.4) is 0 Å². The highest BCUT2D eigenvalue weighted by Gasteiger charge is 2.14. The fraction of sp³-hybridized carbons (Fsp3) is 0.462. The van der Waals surface area contributed by atoms with E-state index in [1.54, 1.807) is 24.1 Å². The van der Waals surface area contributed by atoms with Gasteiger partial charge >= 0.3 is 0 Å². The molecule has 0 radical (unpaired) electrons. The van der Waals surface area contributed by atoms with Crippen molar-refractivity contribution in [3.05, 3.63) is 33.8 Å². The minimum atomic E-state index is -0.0827. The quantitative estimate of drug-likeness (QED) is 0.905. The Balaban J connectivity index is 2.63. The average Bonchev–Trinajstić information content (AvgIpc) is 2.32. The Morgan fingerprint density at radius 2 is 2.11 bits per heavy atom. The van der Waals surface area contributed by atoms with Crippen molar-refractivity contribution in [2.45, 2.75) is 32.4 Å². The second kappa shape index (κ2) is 6.98. The first kappa shape index (κ1) is 15.3. The van der Waals surface area contributed by atoms with Gasteiger partial charge in [-0.2, -0.15) is 0 Å². The molecular formula is C13H18Cl2N2O. The molecule has 1 unspecified atom stereocenters. The van der Waals surface area contributed by atoms with Crippen LogP contribution >= 0.6 is 23.2 Å². The third-order valence-corrected chi connectivity index (χ3v) is 3.40. The van der Waals surface area contributed by atoms with Crippen molar-refractivity contribution in [2.75, 3.05) is 7.05 Å². The molecule has 5 heteroatoms. The zero-order valence-electron chi connectivity index (χ0n) is 10.6. The molecule has 0 heterocycles. The van der Waals surface area contributed by atoms with Gasteiger partial charge in [0.15, 0.2) is 0 Å². The first-order chi connectivity index (χ1) is 8.43. The van der Waals surface area contributed by atoms with Gasteiger partial charge in [0, 0.05) is 36.1 Å². The number of benzene rings is 1. The molecule has 18 heavy (non-hydrogen) atoms. The van der Waals surface area contributed by atoms with Gasteiger partial charge in [-0.15, -0.1) is 0 Å². The topological polar surface area (TPSA) is 46.3 Å². The Labute approximate surface area is 118 Å². The van der Waals surface area contributed by atoms with Gasteiger partial charge in [-0.05, 0) is 24.1 Å². The summed E-state index contributed by atoms with van der Waals surface area (Å²) in [5.41, 5.74) is 6.64. The minimum Gasteiger partial charge on any atom is -0.341 e. The Morgan fingerprint density at radius 1 is 1.44 bits per heavy atom. The van der Waals surface area contributed by atoms with Crippen LogP contribution in [0.2, 0.25) is 10.0 Å². The number of carbonyl (C=O) groups is 1. The van der Waals surface area contributed by atoms with Crippen LogP contribution in [0.4, 0.5) is 0 Å². The standard InChI is InChI=1S/C13H18Cl2N2O/c1-3-11(16)7-13(18)17(2)8-9-4-5-10(14)6-12(9)15/h4-6,11H,3,7-8,16H2,1-2H3. The van der Waals surface area contributed by atoms with E-state index >= 15 is 0 Å². The third kappa shape index (κ3) is 4.48. The van der Waals surface area contributed by atoms with Crippen molar-refractivity contribution in [2.24, 2.45) is 5.73 Å². The monoisotopic (exact) mass is 288 g/mol. The van der Waals surface area contributed by atoms with E-state index in [1.165, 1.54) is 0 Å². The summed E-state index contributed by atoms with van der Waals surface area (Å²) < 4.78 is 0. The molecule has 0 spiro atoms. The molecule has 0 fully saturated rings. The number of hydrogen-bond donors (Lipinski definition) is 1. The summed E-state index contributed by atoms with van der Waals surface area (Å²) in [6, 6.07) is 5.18. The largest absolute Gasteiger partial charge is 0.341 e. The van der Waals surface area contributed by atoms with Crippen LogP contribution in [-0.4, -0.2) is 23.9 Å². The van der Waals surface area contributed by atoms with Gasteiger partial charge < -0.3 is 10.6 Å². The van der Waals surface area contributed by atoms with E-state index in [9.17, 15) is 4.79 Å². The van der Waals surface area contributed by atoms with Crippen molar-refractivity contribution in [1.29, 1.82) is 0 Å². The lowest BCUT2D eigenvalue weighted by Gasteiger charge is -2.19. The number of halogens is 2. The van der Waals surface area contributed by atoms with Crippen molar-refractivity contribution < 1.29 is 4.79 Å². The molecule has 0 bridgehead atoms. The number of nitrogens with zero attached hydrogens (tertiary/aromatic N) is 1. The van der Waals surface area contributed by atoms with E-state index < -0.39 is 0 Å². The van der Waals surface area contributed by atoms with E-state index in [4.69, 9.17) is 28.9 Å². The SMILES string of the molecule is CCC(N)CC(=O)N(C)Cc1ccc(Cl)cc1Cl. The van der Waals surface area contributed by atoms with Crippen LogP contribution < -0.4 is 5.73 Å². The zero-order valence-corrected chi connectivity index (χ0v) is 12.1. The molecule has 0 saturated heterocycles. The maximum atomic E-state index is 11.9. The Hall–Kier alpha value is -0.770. The molecule has 1 amide bonds. The fourth-order valence-corrected chi connectivity index (χ4v) is 1.99. The minimum absolute atomic E-state index is 0.0235. The molecule has 0 aliphatic heterocycles. The van der Waals surface area contributed by atoms with Crippen LogP contribution in [0.1, 0.15) is 25.3 Å². The highest BCUT2D eigenvalue weighted by atomic mass is 35.5. The maximum absolute atomic E-state index is 11.9. The van der Waals surface area contributed by atoms with Crippen molar-refractivity contribution in [3.63, 3.8) is 0 Å². The van der Waals surface area contributed by atoms with E-state index in [1.807, 2.05) is 13.0 Å². The molecule has 0 saturated carbocycles. The van der Waals surface area contributed by atoms with Crippen LogP contribution in [0.15, 0.2) is 18.2 Å². The lowest BCUT2D eigenvalue weighted by atomic mass is 10.1. The molecule has 0 aromatic heterocycles. The molecule has 1 atom stereocenters. The third-order valence-electron chi connectivity index (χ3n) is 2.81. The Morgan fingerprint density at radius 3 is 2.67 bits per heavy atom. The van der Waals surface area contributed by atoms with Gasteiger partial charge in [0.1, 0.15) is 0 Å². The number of nitrogens with two attached hydrogens (primary N) is 1. The smallest absolute Gasteiger partial charge is 0.224 e. The second-order valence-corrected chi connectivity index (χ2v) is 5.20. The average molecular weight is 289 g/mol. The highest BCUT2D eigenvalue weighted by molar-refractivity contribution is 6.35. The molecular weight excluding hydrogens is 271 g/mol. The first-order valence-electron chi connectivity index (χ1n) is 5.87. The second-order valence-electron chi connectivity index (χ2n) is 4.36. The summed E-state index contributed by atoms with van der Waals surface area (Å²) in [7, 11) is 1.75. The van der Waals surface area contributed by atoms with Crippen molar-refractivity contribution >= 4 is 29.1 Å². The van der Waals surface area contributed by atoms with Crippen molar-refractivity contribution in [1.82, 2.24) is 4.90 Å². The van der Waals surface area contributed by atoms with E-state index in [0.29, 0.717) is 23.0 Å². The molecule has 0 aliphatic rings. The summed E-state index contributed by atoms with van der Waals surface area (Å²) >= 11 is 11.9. The molecule has 3 nitrogen and oxygen atoms in total. The summed E-state index contributed by atoms with van der Waals surface area (Å²) in [5, 5.41) is 1.16. The summed E-state index contributed by atoms with van der Waals surface area (Å²) in [4.78, 5) is 13.5. The first-order valence-corrected chi connectivity index (χ1v) is 6.63. The van der Waals surface area contributed by atoms with Gasteiger partial charge in [0.05, 0.1) is 0 Å². The number of hydrogen-bond acceptors (Lipinski definition) is 2. The van der Waals surface area contributed by atoms with Gasteiger partial charge in [0.2, 0.25) is 5.91 Å². The Bertz CT molecular complexity index is 423. The molecule has 1 aromatic carbocycles. The van der Waals surface area contributed by atoms with Crippen LogP contribution in [0, 0.1) is 0 Å². The van der Waals surface area contributed by atoms with E-state index in [-0.39, 0.29) is 11.9 Å². The van der Waals surface area contributed by atoms with E-state index in [2.05, 4.69) is 0 Å². The van der Waals surface area contributed by atoms with Gasteiger partial charge in [-0.25, -0.2) is 0 Å². The lowest BCUT2D eigenvalue weighted by molar-refractivity contribution is -0.130. The Kier molecular flexibility index (Phi) is 5.93. The summed E-state index contributed by atoms with van der Waals surface area (Å²) in [5.74, 6) is 0.0235. The predicted molar refractivity (Wildman–Crippen MR) is 75.8 cm³/mol. The maximum Gasteiger partial charge on any atom is 0.224 e. The van der Waals surface area contributed by atoms with Crippen molar-refractivity contribution in [3.8, 4) is 0 Å². The van der Waals surface area contributed by atoms with Crippen LogP contribution in [-0.2, 0) is 11.3 Å². The molecule has 100 valence electrons. The van der Waals surface area contributed by atoms with Crippen LogP contribution in [0.25, 0.3) is 0 Å². The number of carbonyl (C=O) groups excluding carboxylic acids is 1. The molecule has 1 rings (SSSR count). The summed E-state index contributed by atoms with van der Waals surface area (Å²) in [6.45, 7) is 2.43. The zero-order chi connectivity index (χ0) is 13.7. The van der Waals surface area contributed by atoms with Crippen LogP contribution in [0.5, 0.6) is 0 Å². The summed E-state index contributed by atoms with van der Waals surface area (Å²) in [6.07, 6.45) is 1.15. The number of amides is 1. The predicted octanol–water partition coefficient (Wildman–Crippen LogP) is 3.08.